The van der Waals surface area contributed by atoms with Gasteiger partial charge >= 0.3 is 0 Å². The quantitative estimate of drug-likeness (QED) is 0.106. The SMILES string of the molecule is CCCCCCCc1ccc(C(=O)CCN2CCCCC2)cc1.CCCCCCCc1ccc(C(=O)CCN2CCN(C)CC2)cc1. The van der Waals surface area contributed by atoms with Crippen LogP contribution in [0, 0.1) is 0 Å². The van der Waals surface area contributed by atoms with Crippen LogP contribution in [0.5, 0.6) is 0 Å². The lowest BCUT2D eigenvalue weighted by atomic mass is 10.0. The van der Waals surface area contributed by atoms with Gasteiger partial charge in [0, 0.05) is 63.2 Å². The molecule has 2 aromatic rings. The number of hydrogen-bond acceptors (Lipinski definition) is 5. The molecule has 0 bridgehead atoms. The van der Waals surface area contributed by atoms with Crippen LogP contribution >= 0.6 is 0 Å². The minimum atomic E-state index is 0.281. The number of piperidine rings is 1. The Hall–Kier alpha value is -2.34. The number of piperazine rings is 1. The van der Waals surface area contributed by atoms with Gasteiger partial charge in [-0.15, -0.1) is 0 Å². The zero-order valence-electron chi connectivity index (χ0n) is 30.5. The smallest absolute Gasteiger partial charge is 0.164 e. The lowest BCUT2D eigenvalue weighted by Gasteiger charge is -2.32. The molecule has 2 aliphatic heterocycles. The minimum absolute atomic E-state index is 0.281. The zero-order chi connectivity index (χ0) is 33.5. The highest BCUT2D eigenvalue weighted by molar-refractivity contribution is 5.96. The van der Waals surface area contributed by atoms with E-state index in [1.165, 1.54) is 108 Å². The molecule has 0 N–H and O–H groups in total. The number of carbonyl (C=O) groups is 2. The van der Waals surface area contributed by atoms with Crippen LogP contribution in [-0.4, -0.2) is 85.7 Å². The lowest BCUT2D eigenvalue weighted by molar-refractivity contribution is 0.0939. The highest BCUT2D eigenvalue weighted by atomic mass is 16.1. The maximum Gasteiger partial charge on any atom is 0.164 e. The van der Waals surface area contributed by atoms with E-state index < -0.39 is 0 Å². The molecule has 0 aliphatic carbocycles. The second-order valence-electron chi connectivity index (χ2n) is 14.1. The van der Waals surface area contributed by atoms with Crippen molar-refractivity contribution < 1.29 is 9.59 Å². The Morgan fingerprint density at radius 3 is 1.34 bits per heavy atom. The van der Waals surface area contributed by atoms with Crippen LogP contribution in [0.25, 0.3) is 0 Å². The molecule has 2 heterocycles. The van der Waals surface area contributed by atoms with Gasteiger partial charge in [-0.05, 0) is 69.8 Å². The summed E-state index contributed by atoms with van der Waals surface area (Å²) in [6, 6.07) is 16.7. The number of hydrogen-bond donors (Lipinski definition) is 0. The third kappa shape index (κ3) is 16.6. The fourth-order valence-electron chi connectivity index (χ4n) is 6.64. The van der Waals surface area contributed by atoms with E-state index in [9.17, 15) is 9.59 Å². The third-order valence-electron chi connectivity index (χ3n) is 10.0. The Labute approximate surface area is 288 Å². The van der Waals surface area contributed by atoms with Gasteiger partial charge in [-0.1, -0.05) is 120 Å². The maximum absolute atomic E-state index is 12.4. The Morgan fingerprint density at radius 1 is 0.511 bits per heavy atom. The van der Waals surface area contributed by atoms with Crippen LogP contribution in [0.1, 0.15) is 142 Å². The van der Waals surface area contributed by atoms with Crippen molar-refractivity contribution in [3.05, 3.63) is 70.8 Å². The predicted octanol–water partition coefficient (Wildman–Crippen LogP) is 9.28. The topological polar surface area (TPSA) is 43.9 Å². The van der Waals surface area contributed by atoms with E-state index in [1.54, 1.807) is 0 Å². The van der Waals surface area contributed by atoms with Gasteiger partial charge in [0.15, 0.2) is 11.6 Å². The van der Waals surface area contributed by atoms with Crippen LogP contribution in [0.15, 0.2) is 48.5 Å². The first-order chi connectivity index (χ1) is 23.0. The summed E-state index contributed by atoms with van der Waals surface area (Å²) in [6.07, 6.45) is 20.7. The molecule has 5 nitrogen and oxygen atoms in total. The molecular weight excluding hydrogens is 578 g/mol. The van der Waals surface area contributed by atoms with E-state index in [0.717, 1.165) is 63.2 Å². The number of nitrogens with zero attached hydrogens (tertiary/aromatic N) is 3. The summed E-state index contributed by atoms with van der Waals surface area (Å²) in [5.74, 6) is 0.577. The van der Waals surface area contributed by atoms with Gasteiger partial charge in [-0.25, -0.2) is 0 Å². The first-order valence-electron chi connectivity index (χ1n) is 19.4. The molecule has 262 valence electrons. The molecule has 0 atom stereocenters. The standard InChI is InChI=1S/C21H34N2O.C21H33NO/c1-3-4-5-6-7-8-19-9-11-20(12-10-19)21(24)13-14-23-17-15-22(2)16-18-23;1-2-3-4-5-7-10-19-11-13-20(14-12-19)21(23)15-18-22-16-8-6-9-17-22/h9-12H,3-8,13-18H2,1-2H3;11-14H,2-10,15-18H2,1H3. The number of likely N-dealkylation sites (N-methyl/N-ethyl adjacent to an activating group) is 1. The average molecular weight is 646 g/mol. The molecule has 0 radical (unpaired) electrons. The molecule has 4 rings (SSSR count). The number of carbonyl (C=O) groups excluding carboxylic acids is 2. The normalized spacial score (nSPS) is 16.1. The Bertz CT molecular complexity index is 1100. The average Bonchev–Trinajstić information content (AvgIpc) is 3.11. The fourth-order valence-corrected chi connectivity index (χ4v) is 6.64. The Morgan fingerprint density at radius 2 is 0.915 bits per heavy atom. The number of aryl methyl sites for hydroxylation is 2. The summed E-state index contributed by atoms with van der Waals surface area (Å²) >= 11 is 0. The number of rotatable bonds is 20. The zero-order valence-corrected chi connectivity index (χ0v) is 30.5. The van der Waals surface area contributed by atoms with Crippen LogP contribution in [0.3, 0.4) is 0 Å². The summed E-state index contributed by atoms with van der Waals surface area (Å²) in [6.45, 7) is 13.1. The van der Waals surface area contributed by atoms with Gasteiger partial charge in [0.2, 0.25) is 0 Å². The molecule has 5 heteroatoms. The van der Waals surface area contributed by atoms with E-state index in [1.807, 2.05) is 24.3 Å². The molecule has 2 fully saturated rings. The molecule has 0 aromatic heterocycles. The number of likely N-dealkylation sites (tertiary alicyclic amines) is 1. The van der Waals surface area contributed by atoms with Crippen molar-refractivity contribution in [1.29, 1.82) is 0 Å². The number of ketones is 2. The van der Waals surface area contributed by atoms with Crippen molar-refractivity contribution in [2.75, 3.05) is 59.4 Å². The van der Waals surface area contributed by atoms with Crippen LogP contribution in [0.4, 0.5) is 0 Å². The number of Topliss-reactive ketones (excluding diaryl/α,β-unsaturated/α-hetero) is 2. The summed E-state index contributed by atoms with van der Waals surface area (Å²) < 4.78 is 0. The Balaban J connectivity index is 0.000000256. The molecule has 0 unspecified atom stereocenters. The maximum atomic E-state index is 12.4. The van der Waals surface area contributed by atoms with Crippen LogP contribution in [0.2, 0.25) is 0 Å². The molecular formula is C42H67N3O2. The Kier molecular flexibility index (Phi) is 19.9. The van der Waals surface area contributed by atoms with Gasteiger partial charge < -0.3 is 14.7 Å². The van der Waals surface area contributed by atoms with Gasteiger partial charge in [0.25, 0.3) is 0 Å². The number of benzene rings is 2. The van der Waals surface area contributed by atoms with Crippen molar-refractivity contribution in [3.8, 4) is 0 Å². The van der Waals surface area contributed by atoms with Crippen molar-refractivity contribution in [2.24, 2.45) is 0 Å². The molecule has 47 heavy (non-hydrogen) atoms. The van der Waals surface area contributed by atoms with Crippen molar-refractivity contribution in [1.82, 2.24) is 14.7 Å². The fraction of sp³-hybridized carbons (Fsp3) is 0.667. The van der Waals surface area contributed by atoms with Crippen LogP contribution < -0.4 is 0 Å². The third-order valence-corrected chi connectivity index (χ3v) is 10.0. The highest BCUT2D eigenvalue weighted by Gasteiger charge is 2.16. The van der Waals surface area contributed by atoms with Crippen molar-refractivity contribution in [3.63, 3.8) is 0 Å². The molecule has 0 saturated carbocycles. The van der Waals surface area contributed by atoms with E-state index in [0.29, 0.717) is 18.6 Å². The van der Waals surface area contributed by atoms with Gasteiger partial charge in [-0.3, -0.25) is 9.59 Å². The number of unbranched alkanes of at least 4 members (excludes halogenated alkanes) is 8. The van der Waals surface area contributed by atoms with Crippen molar-refractivity contribution in [2.45, 2.75) is 123 Å². The minimum Gasteiger partial charge on any atom is -0.304 e. The second-order valence-corrected chi connectivity index (χ2v) is 14.1. The van der Waals surface area contributed by atoms with Gasteiger partial charge in [0.1, 0.15) is 0 Å². The molecule has 2 saturated heterocycles. The first-order valence-corrected chi connectivity index (χ1v) is 19.4. The monoisotopic (exact) mass is 646 g/mol. The highest BCUT2D eigenvalue weighted by Crippen LogP contribution is 2.15. The van der Waals surface area contributed by atoms with E-state index >= 15 is 0 Å². The summed E-state index contributed by atoms with van der Waals surface area (Å²) in [5, 5.41) is 0. The summed E-state index contributed by atoms with van der Waals surface area (Å²) in [7, 11) is 2.16. The molecule has 2 aliphatic rings. The second kappa shape index (κ2) is 23.9. The molecule has 2 aromatic carbocycles. The van der Waals surface area contributed by atoms with Gasteiger partial charge in [0.05, 0.1) is 0 Å². The predicted molar refractivity (Wildman–Crippen MR) is 200 cm³/mol. The molecule has 0 amide bonds. The van der Waals surface area contributed by atoms with Gasteiger partial charge in [-0.2, -0.15) is 0 Å². The van der Waals surface area contributed by atoms with Crippen LogP contribution in [-0.2, 0) is 12.8 Å². The van der Waals surface area contributed by atoms with E-state index in [4.69, 9.17) is 0 Å². The lowest BCUT2D eigenvalue weighted by Crippen LogP contribution is -2.45. The largest absolute Gasteiger partial charge is 0.304 e. The molecule has 0 spiro atoms. The summed E-state index contributed by atoms with van der Waals surface area (Å²) in [4.78, 5) is 31.9. The van der Waals surface area contributed by atoms with E-state index in [-0.39, 0.29) is 5.78 Å². The van der Waals surface area contributed by atoms with Crippen molar-refractivity contribution >= 4 is 11.6 Å². The summed E-state index contributed by atoms with van der Waals surface area (Å²) in [5.41, 5.74) is 4.49. The van der Waals surface area contributed by atoms with E-state index in [2.05, 4.69) is 59.9 Å². The first kappa shape index (κ1) is 39.1.